The third kappa shape index (κ3) is 5.55. The molecule has 7 heteroatoms. The van der Waals surface area contributed by atoms with Gasteiger partial charge in [0.05, 0.1) is 17.7 Å². The number of hydrogen-bond donors (Lipinski definition) is 1. The van der Waals surface area contributed by atoms with E-state index in [9.17, 15) is 9.59 Å². The summed E-state index contributed by atoms with van der Waals surface area (Å²) in [5.74, 6) is -0.521. The number of benzene rings is 1. The molecule has 0 aliphatic rings. The number of alkyl carbamates (subject to hydrolysis) is 1. The van der Waals surface area contributed by atoms with E-state index in [1.165, 1.54) is 7.11 Å². The normalized spacial score (nSPS) is 11.0. The first kappa shape index (κ1) is 17.8. The summed E-state index contributed by atoms with van der Waals surface area (Å²) in [6.45, 7) is 5.57. The Morgan fingerprint density at radius 3 is 2.48 bits per heavy atom. The van der Waals surface area contributed by atoms with Crippen molar-refractivity contribution in [3.8, 4) is 0 Å². The zero-order chi connectivity index (χ0) is 16.2. The fourth-order valence-electron chi connectivity index (χ4n) is 1.47. The van der Waals surface area contributed by atoms with E-state index in [1.54, 1.807) is 32.9 Å². The van der Waals surface area contributed by atoms with Gasteiger partial charge in [-0.05, 0) is 38.5 Å². The van der Waals surface area contributed by atoms with Gasteiger partial charge in [0.15, 0.2) is 0 Å². The monoisotopic (exact) mass is 377 g/mol. The van der Waals surface area contributed by atoms with Crippen molar-refractivity contribution >= 4 is 39.6 Å². The molecule has 0 fully saturated rings. The number of halogens is 2. The maximum atomic E-state index is 11.6. The second-order valence-electron chi connectivity index (χ2n) is 5.27. The molecule has 1 amide bonds. The van der Waals surface area contributed by atoms with Crippen LogP contribution in [0.3, 0.4) is 0 Å². The number of carbonyl (C=O) groups is 2. The highest BCUT2D eigenvalue weighted by atomic mass is 79.9. The lowest BCUT2D eigenvalue weighted by molar-refractivity contribution is 0.0521. The van der Waals surface area contributed by atoms with E-state index in [0.717, 1.165) is 5.56 Å². The Bertz CT molecular complexity index is 555. The molecular formula is C14H17BrClNO4. The van der Waals surface area contributed by atoms with Gasteiger partial charge in [-0.3, -0.25) is 0 Å². The predicted octanol–water partition coefficient (Wildman–Crippen LogP) is 3.91. The Kier molecular flexibility index (Phi) is 6.04. The third-order valence-corrected chi connectivity index (χ3v) is 3.41. The summed E-state index contributed by atoms with van der Waals surface area (Å²) in [6, 6.07) is 3.15. The molecule has 0 aromatic heterocycles. The van der Waals surface area contributed by atoms with Crippen molar-refractivity contribution in [2.24, 2.45) is 0 Å². The average molecular weight is 379 g/mol. The average Bonchev–Trinajstić information content (AvgIpc) is 2.36. The minimum atomic E-state index is -0.562. The van der Waals surface area contributed by atoms with Crippen molar-refractivity contribution < 1.29 is 19.1 Å². The SMILES string of the molecule is COC(=O)c1cc(Br)c(CNC(=O)OC(C)(C)C)cc1Cl. The van der Waals surface area contributed by atoms with Gasteiger partial charge in [0.25, 0.3) is 0 Å². The van der Waals surface area contributed by atoms with E-state index in [1.807, 2.05) is 0 Å². The second-order valence-corrected chi connectivity index (χ2v) is 6.53. The van der Waals surface area contributed by atoms with Crippen molar-refractivity contribution in [1.82, 2.24) is 5.32 Å². The lowest BCUT2D eigenvalue weighted by Gasteiger charge is -2.20. The van der Waals surface area contributed by atoms with E-state index in [4.69, 9.17) is 16.3 Å². The molecule has 1 rings (SSSR count). The Labute approximate surface area is 137 Å². The van der Waals surface area contributed by atoms with Crippen LogP contribution in [0.5, 0.6) is 0 Å². The molecule has 21 heavy (non-hydrogen) atoms. The van der Waals surface area contributed by atoms with E-state index in [0.29, 0.717) is 4.47 Å². The largest absolute Gasteiger partial charge is 0.465 e. The molecule has 0 spiro atoms. The minimum absolute atomic E-state index is 0.219. The lowest BCUT2D eigenvalue weighted by atomic mass is 10.1. The number of methoxy groups -OCH3 is 1. The van der Waals surface area contributed by atoms with Crippen LogP contribution in [-0.4, -0.2) is 24.8 Å². The Hall–Kier alpha value is -1.27. The first-order valence-electron chi connectivity index (χ1n) is 6.17. The maximum absolute atomic E-state index is 11.6. The first-order valence-corrected chi connectivity index (χ1v) is 7.34. The molecule has 0 aliphatic carbocycles. The van der Waals surface area contributed by atoms with Crippen molar-refractivity contribution in [2.45, 2.75) is 32.9 Å². The predicted molar refractivity (Wildman–Crippen MR) is 83.6 cm³/mol. The fourth-order valence-corrected chi connectivity index (χ4v) is 2.22. The van der Waals surface area contributed by atoms with Crippen molar-refractivity contribution in [2.75, 3.05) is 7.11 Å². The summed E-state index contributed by atoms with van der Waals surface area (Å²) >= 11 is 9.36. The number of nitrogens with one attached hydrogen (secondary N) is 1. The Morgan fingerprint density at radius 2 is 1.95 bits per heavy atom. The second kappa shape index (κ2) is 7.13. The first-order chi connectivity index (χ1) is 9.64. The number of ether oxygens (including phenoxy) is 2. The van der Waals surface area contributed by atoms with Gasteiger partial charge in [0.2, 0.25) is 0 Å². The summed E-state index contributed by atoms with van der Waals surface area (Å²) in [5.41, 5.74) is 0.416. The van der Waals surface area contributed by atoms with Gasteiger partial charge in [-0.25, -0.2) is 9.59 Å². The molecule has 0 aliphatic heterocycles. The molecule has 116 valence electrons. The minimum Gasteiger partial charge on any atom is -0.465 e. The molecule has 5 nitrogen and oxygen atoms in total. The van der Waals surface area contributed by atoms with Gasteiger partial charge in [-0.1, -0.05) is 27.5 Å². The van der Waals surface area contributed by atoms with E-state index in [-0.39, 0.29) is 17.1 Å². The van der Waals surface area contributed by atoms with Gasteiger partial charge < -0.3 is 14.8 Å². The van der Waals surface area contributed by atoms with Crippen LogP contribution in [0, 0.1) is 0 Å². The van der Waals surface area contributed by atoms with Crippen LogP contribution >= 0.6 is 27.5 Å². The van der Waals surface area contributed by atoms with Crippen LogP contribution < -0.4 is 5.32 Å². The highest BCUT2D eigenvalue weighted by Gasteiger charge is 2.17. The summed E-state index contributed by atoms with van der Waals surface area (Å²) in [6.07, 6.45) is -0.525. The number of rotatable bonds is 3. The van der Waals surface area contributed by atoms with Crippen LogP contribution in [0.2, 0.25) is 5.02 Å². The summed E-state index contributed by atoms with van der Waals surface area (Å²) < 4.78 is 10.4. The number of esters is 1. The van der Waals surface area contributed by atoms with Crippen LogP contribution in [-0.2, 0) is 16.0 Å². The zero-order valence-electron chi connectivity index (χ0n) is 12.3. The molecule has 1 aromatic rings. The highest BCUT2D eigenvalue weighted by Crippen LogP contribution is 2.26. The summed E-state index contributed by atoms with van der Waals surface area (Å²) in [4.78, 5) is 23.1. The van der Waals surface area contributed by atoms with Gasteiger partial charge in [0, 0.05) is 11.0 Å². The van der Waals surface area contributed by atoms with Crippen molar-refractivity contribution in [3.63, 3.8) is 0 Å². The van der Waals surface area contributed by atoms with Crippen LogP contribution in [0.1, 0.15) is 36.7 Å². The number of carbonyl (C=O) groups excluding carboxylic acids is 2. The van der Waals surface area contributed by atoms with E-state index in [2.05, 4.69) is 26.0 Å². The zero-order valence-corrected chi connectivity index (χ0v) is 14.6. The molecule has 0 heterocycles. The number of amides is 1. The van der Waals surface area contributed by atoms with Gasteiger partial charge in [-0.15, -0.1) is 0 Å². The van der Waals surface area contributed by atoms with E-state index < -0.39 is 17.7 Å². The van der Waals surface area contributed by atoms with Crippen molar-refractivity contribution in [1.29, 1.82) is 0 Å². The Balaban J connectivity index is 2.80. The molecule has 1 aromatic carbocycles. The molecule has 1 N–H and O–H groups in total. The van der Waals surface area contributed by atoms with Crippen molar-refractivity contribution in [3.05, 3.63) is 32.8 Å². The van der Waals surface area contributed by atoms with Gasteiger partial charge in [0.1, 0.15) is 5.60 Å². The maximum Gasteiger partial charge on any atom is 0.407 e. The highest BCUT2D eigenvalue weighted by molar-refractivity contribution is 9.10. The molecule has 0 bridgehead atoms. The summed E-state index contributed by atoms with van der Waals surface area (Å²) in [5, 5.41) is 2.88. The topological polar surface area (TPSA) is 64.6 Å². The quantitative estimate of drug-likeness (QED) is 0.810. The summed E-state index contributed by atoms with van der Waals surface area (Å²) in [7, 11) is 1.28. The van der Waals surface area contributed by atoms with Crippen LogP contribution in [0.15, 0.2) is 16.6 Å². The van der Waals surface area contributed by atoms with Gasteiger partial charge in [-0.2, -0.15) is 0 Å². The van der Waals surface area contributed by atoms with Crippen LogP contribution in [0.25, 0.3) is 0 Å². The molecular weight excluding hydrogens is 362 g/mol. The number of hydrogen-bond acceptors (Lipinski definition) is 4. The molecule has 0 saturated carbocycles. The van der Waals surface area contributed by atoms with Gasteiger partial charge >= 0.3 is 12.1 Å². The standard InChI is InChI=1S/C14H17BrClNO4/c1-14(2,3)21-13(19)17-7-8-5-11(16)9(6-10(8)15)12(18)20-4/h5-6H,7H2,1-4H3,(H,17,19). The smallest absolute Gasteiger partial charge is 0.407 e. The lowest BCUT2D eigenvalue weighted by Crippen LogP contribution is -2.32. The van der Waals surface area contributed by atoms with Crippen LogP contribution in [0.4, 0.5) is 4.79 Å². The fraction of sp³-hybridized carbons (Fsp3) is 0.429. The molecule has 0 atom stereocenters. The Morgan fingerprint density at radius 1 is 1.33 bits per heavy atom. The molecule has 0 radical (unpaired) electrons. The van der Waals surface area contributed by atoms with E-state index >= 15 is 0 Å². The third-order valence-electron chi connectivity index (χ3n) is 2.36. The molecule has 0 saturated heterocycles. The molecule has 0 unspecified atom stereocenters.